The second-order valence-electron chi connectivity index (χ2n) is 5.45. The molecule has 0 unspecified atom stereocenters. The van der Waals surface area contributed by atoms with Gasteiger partial charge in [0.1, 0.15) is 0 Å². The Labute approximate surface area is 133 Å². The molecule has 22 heavy (non-hydrogen) atoms. The summed E-state index contributed by atoms with van der Waals surface area (Å²) in [6, 6.07) is 21.4. The Morgan fingerprint density at radius 3 is 1.82 bits per heavy atom. The molecule has 5 heteroatoms. The highest BCUT2D eigenvalue weighted by atomic mass is 28.4. The molecule has 2 rings (SSSR count). The zero-order chi connectivity index (χ0) is 15.8. The fourth-order valence-corrected chi connectivity index (χ4v) is 6.89. The van der Waals surface area contributed by atoms with E-state index in [2.05, 4.69) is 31.2 Å². The van der Waals surface area contributed by atoms with Crippen molar-refractivity contribution in [1.82, 2.24) is 0 Å². The van der Waals surface area contributed by atoms with Crippen LogP contribution in [0.3, 0.4) is 0 Å². The summed E-state index contributed by atoms with van der Waals surface area (Å²) in [6.45, 7) is 2.11. The maximum atomic E-state index is 9.29. The van der Waals surface area contributed by atoms with Gasteiger partial charge in [0.2, 0.25) is 0 Å². The van der Waals surface area contributed by atoms with Gasteiger partial charge in [-0.25, -0.2) is 0 Å². The minimum absolute atomic E-state index is 0.0558. The summed E-state index contributed by atoms with van der Waals surface area (Å²) < 4.78 is 6.20. The SMILES string of the molecule is CCCC[Si](OCB(O)O)(c1ccccc1)c1ccccc1. The molecule has 116 valence electrons. The Balaban J connectivity index is 2.47. The van der Waals surface area contributed by atoms with E-state index in [1.807, 2.05) is 36.4 Å². The van der Waals surface area contributed by atoms with Crippen LogP contribution in [0.1, 0.15) is 19.8 Å². The minimum Gasteiger partial charge on any atom is -0.426 e. The predicted octanol–water partition coefficient (Wildman–Crippen LogP) is 1.57. The lowest BCUT2D eigenvalue weighted by atomic mass is 9.95. The molecule has 2 aromatic carbocycles. The van der Waals surface area contributed by atoms with Crippen LogP contribution < -0.4 is 10.4 Å². The van der Waals surface area contributed by atoms with Gasteiger partial charge in [-0.15, -0.1) is 0 Å². The van der Waals surface area contributed by atoms with Crippen LogP contribution in [0.25, 0.3) is 0 Å². The van der Waals surface area contributed by atoms with Crippen LogP contribution in [-0.2, 0) is 4.43 Å². The van der Waals surface area contributed by atoms with Crippen molar-refractivity contribution in [2.45, 2.75) is 25.8 Å². The van der Waals surface area contributed by atoms with Crippen LogP contribution in [0, 0.1) is 0 Å². The second kappa shape index (κ2) is 8.29. The van der Waals surface area contributed by atoms with Crippen LogP contribution >= 0.6 is 0 Å². The molecule has 0 saturated carbocycles. The van der Waals surface area contributed by atoms with Gasteiger partial charge in [-0.05, 0) is 16.4 Å². The summed E-state index contributed by atoms with van der Waals surface area (Å²) in [5.74, 6) is 0. The monoisotopic (exact) mass is 314 g/mol. The Morgan fingerprint density at radius 1 is 0.909 bits per heavy atom. The van der Waals surface area contributed by atoms with E-state index in [4.69, 9.17) is 4.43 Å². The van der Waals surface area contributed by atoms with Crippen LogP contribution in [0.4, 0.5) is 0 Å². The molecule has 0 radical (unpaired) electrons. The van der Waals surface area contributed by atoms with Crippen LogP contribution in [0.15, 0.2) is 60.7 Å². The van der Waals surface area contributed by atoms with Crippen molar-refractivity contribution < 1.29 is 14.5 Å². The average Bonchev–Trinajstić information content (AvgIpc) is 2.57. The summed E-state index contributed by atoms with van der Waals surface area (Å²) in [6.07, 6.45) is 2.14. The molecule has 0 aliphatic heterocycles. The number of hydrogen-bond donors (Lipinski definition) is 2. The van der Waals surface area contributed by atoms with Gasteiger partial charge in [0, 0.05) is 0 Å². The standard InChI is InChI=1S/C17H23BO3Si/c1-2-3-14-22(21-15-18(19)20,16-10-6-4-7-11-16)17-12-8-5-9-13-17/h4-13,19-20H,2-3,14-15H2,1H3. The van der Waals surface area contributed by atoms with Gasteiger partial charge in [0.25, 0.3) is 8.32 Å². The van der Waals surface area contributed by atoms with Crippen molar-refractivity contribution in [3.8, 4) is 0 Å². The third-order valence-electron chi connectivity index (χ3n) is 3.84. The van der Waals surface area contributed by atoms with E-state index in [9.17, 15) is 10.0 Å². The lowest BCUT2D eigenvalue weighted by Gasteiger charge is -2.32. The van der Waals surface area contributed by atoms with E-state index in [1.165, 1.54) is 10.4 Å². The third kappa shape index (κ3) is 4.08. The van der Waals surface area contributed by atoms with Crippen LogP contribution in [0.5, 0.6) is 0 Å². The van der Waals surface area contributed by atoms with Gasteiger partial charge in [-0.2, -0.15) is 0 Å². The summed E-state index contributed by atoms with van der Waals surface area (Å²) in [5, 5.41) is 20.9. The van der Waals surface area contributed by atoms with Crippen molar-refractivity contribution in [3.63, 3.8) is 0 Å². The highest BCUT2D eigenvalue weighted by Gasteiger charge is 2.39. The maximum Gasteiger partial charge on any atom is 0.477 e. The van der Waals surface area contributed by atoms with E-state index < -0.39 is 15.4 Å². The number of hydrogen-bond acceptors (Lipinski definition) is 3. The number of unbranched alkanes of at least 4 members (excludes halogenated alkanes) is 1. The minimum atomic E-state index is -2.45. The van der Waals surface area contributed by atoms with E-state index in [-0.39, 0.29) is 6.51 Å². The molecule has 0 heterocycles. The Kier molecular flexibility index (Phi) is 6.39. The first-order valence-corrected chi connectivity index (χ1v) is 9.91. The third-order valence-corrected chi connectivity index (χ3v) is 8.09. The average molecular weight is 314 g/mol. The maximum absolute atomic E-state index is 9.29. The highest BCUT2D eigenvalue weighted by molar-refractivity contribution is 6.97. The van der Waals surface area contributed by atoms with Crippen molar-refractivity contribution in [2.24, 2.45) is 0 Å². The van der Waals surface area contributed by atoms with E-state index in [0.29, 0.717) is 0 Å². The molecule has 0 saturated heterocycles. The fraction of sp³-hybridized carbons (Fsp3) is 0.294. The smallest absolute Gasteiger partial charge is 0.426 e. The van der Waals surface area contributed by atoms with Gasteiger partial charge < -0.3 is 14.5 Å². The topological polar surface area (TPSA) is 49.7 Å². The quantitative estimate of drug-likeness (QED) is 0.727. The first-order valence-electron chi connectivity index (χ1n) is 7.80. The second-order valence-corrected chi connectivity index (χ2v) is 9.05. The molecule has 3 nitrogen and oxygen atoms in total. The molecule has 0 aromatic heterocycles. The van der Waals surface area contributed by atoms with Gasteiger partial charge >= 0.3 is 7.12 Å². The van der Waals surface area contributed by atoms with Gasteiger partial charge in [0.15, 0.2) is 0 Å². The van der Waals surface area contributed by atoms with E-state index in [1.54, 1.807) is 0 Å². The molecule has 0 aliphatic carbocycles. The lowest BCUT2D eigenvalue weighted by molar-refractivity contribution is 0.304. The largest absolute Gasteiger partial charge is 0.477 e. The molecule has 0 spiro atoms. The van der Waals surface area contributed by atoms with Gasteiger partial charge in [-0.3, -0.25) is 0 Å². The van der Waals surface area contributed by atoms with Crippen molar-refractivity contribution in [2.75, 3.05) is 6.51 Å². The molecule has 0 fully saturated rings. The first-order chi connectivity index (χ1) is 10.7. The number of benzene rings is 2. The summed E-state index contributed by atoms with van der Waals surface area (Å²) in [5.41, 5.74) is 0. The van der Waals surface area contributed by atoms with Crippen molar-refractivity contribution >= 4 is 25.8 Å². The van der Waals surface area contributed by atoms with Crippen molar-refractivity contribution in [1.29, 1.82) is 0 Å². The van der Waals surface area contributed by atoms with Crippen LogP contribution in [-0.4, -0.2) is 32.0 Å². The first kappa shape index (κ1) is 17.0. The van der Waals surface area contributed by atoms with Crippen molar-refractivity contribution in [3.05, 3.63) is 60.7 Å². The molecular formula is C17H23BO3Si. The molecule has 2 N–H and O–H groups in total. The molecular weight excluding hydrogens is 291 g/mol. The molecule has 0 bridgehead atoms. The summed E-state index contributed by atoms with van der Waals surface area (Å²) >= 11 is 0. The summed E-state index contributed by atoms with van der Waals surface area (Å²) in [4.78, 5) is 0. The molecule has 0 aliphatic rings. The Hall–Kier alpha value is -1.40. The lowest BCUT2D eigenvalue weighted by Crippen LogP contribution is -2.61. The molecule has 0 amide bonds. The predicted molar refractivity (Wildman–Crippen MR) is 93.8 cm³/mol. The Bertz CT molecular complexity index is 509. The summed E-state index contributed by atoms with van der Waals surface area (Å²) in [7, 11) is -3.90. The fourth-order valence-electron chi connectivity index (χ4n) is 2.75. The molecule has 2 aromatic rings. The Morgan fingerprint density at radius 2 is 1.41 bits per heavy atom. The zero-order valence-electron chi connectivity index (χ0n) is 13.0. The van der Waals surface area contributed by atoms with Gasteiger partial charge in [-0.1, -0.05) is 80.4 Å². The van der Waals surface area contributed by atoms with E-state index in [0.717, 1.165) is 18.9 Å². The van der Waals surface area contributed by atoms with E-state index >= 15 is 0 Å². The van der Waals surface area contributed by atoms with Gasteiger partial charge in [0.05, 0.1) is 6.51 Å². The zero-order valence-corrected chi connectivity index (χ0v) is 14.0. The molecule has 0 atom stereocenters. The highest BCUT2D eigenvalue weighted by Crippen LogP contribution is 2.17. The van der Waals surface area contributed by atoms with Crippen LogP contribution in [0.2, 0.25) is 6.04 Å². The normalized spacial score (nSPS) is 11.4. The number of rotatable bonds is 8.